The topological polar surface area (TPSA) is 43.8 Å². The molecule has 2 atom stereocenters. The number of hydrogen-bond acceptors (Lipinski definition) is 5. The second-order valence-electron chi connectivity index (χ2n) is 7.18. The molecule has 3 aromatic rings. The first kappa shape index (κ1) is 20.2. The normalized spacial score (nSPS) is 19.3. The predicted molar refractivity (Wildman–Crippen MR) is 120 cm³/mol. The van der Waals surface area contributed by atoms with Crippen LogP contribution in [0.5, 0.6) is 0 Å². The quantitative estimate of drug-likeness (QED) is 0.636. The van der Waals surface area contributed by atoms with E-state index < -0.39 is 6.10 Å². The number of aliphatic hydroxyl groups is 1. The number of thioether (sulfide) groups is 1. The van der Waals surface area contributed by atoms with Gasteiger partial charge in [0.1, 0.15) is 6.10 Å². The molecule has 0 spiro atoms. The molecule has 1 amide bonds. The number of nitrogens with zero attached hydrogens (tertiary/aromatic N) is 2. The first-order valence-electron chi connectivity index (χ1n) is 9.64. The molecule has 0 saturated heterocycles. The molecule has 0 saturated carbocycles. The highest BCUT2D eigenvalue weighted by atomic mass is 32.2. The number of anilines is 1. The average molecular weight is 425 g/mol. The van der Waals surface area contributed by atoms with Gasteiger partial charge in [-0.1, -0.05) is 48.5 Å². The van der Waals surface area contributed by atoms with Crippen LogP contribution in [0.4, 0.5) is 5.69 Å². The Labute approximate surface area is 179 Å². The molecule has 1 aliphatic heterocycles. The average Bonchev–Trinajstić information content (AvgIpc) is 3.24. The number of hydrogen-bond donors (Lipinski definition) is 1. The van der Waals surface area contributed by atoms with Crippen molar-refractivity contribution in [2.45, 2.75) is 22.8 Å². The second-order valence-corrected chi connectivity index (χ2v) is 9.34. The third kappa shape index (κ3) is 4.56. The van der Waals surface area contributed by atoms with Gasteiger partial charge in [-0.2, -0.15) is 0 Å². The number of carbonyl (C=O) groups excluding carboxylic acids is 1. The van der Waals surface area contributed by atoms with Crippen LogP contribution in [0.15, 0.2) is 77.0 Å². The minimum Gasteiger partial charge on any atom is -0.382 e. The first-order valence-corrected chi connectivity index (χ1v) is 11.4. The van der Waals surface area contributed by atoms with Crippen LogP contribution in [0.3, 0.4) is 0 Å². The van der Waals surface area contributed by atoms with E-state index in [-0.39, 0.29) is 11.2 Å². The van der Waals surface area contributed by atoms with Crippen molar-refractivity contribution < 1.29 is 9.90 Å². The maximum atomic E-state index is 13.2. The highest BCUT2D eigenvalue weighted by molar-refractivity contribution is 8.00. The summed E-state index contributed by atoms with van der Waals surface area (Å²) < 4.78 is 0. The lowest BCUT2D eigenvalue weighted by molar-refractivity contribution is -0.126. The van der Waals surface area contributed by atoms with Crippen molar-refractivity contribution in [2.75, 3.05) is 25.0 Å². The van der Waals surface area contributed by atoms with Gasteiger partial charge in [0, 0.05) is 29.4 Å². The van der Waals surface area contributed by atoms with E-state index in [2.05, 4.69) is 24.1 Å². The molecule has 0 bridgehead atoms. The van der Waals surface area contributed by atoms with Gasteiger partial charge in [0.2, 0.25) is 0 Å². The van der Waals surface area contributed by atoms with E-state index in [1.807, 2.05) is 60.0 Å². The molecular formula is C23H24N2O2S2. The molecule has 0 fully saturated rings. The molecule has 150 valence electrons. The third-order valence-electron chi connectivity index (χ3n) is 5.04. The molecule has 1 aromatic heterocycles. The Hall–Kier alpha value is -2.12. The van der Waals surface area contributed by atoms with Gasteiger partial charge in [0.25, 0.3) is 5.91 Å². The van der Waals surface area contributed by atoms with Crippen LogP contribution >= 0.6 is 23.1 Å². The summed E-state index contributed by atoms with van der Waals surface area (Å²) in [6.07, 6.45) is -1.06. The summed E-state index contributed by atoms with van der Waals surface area (Å²) in [4.78, 5) is 19.2. The summed E-state index contributed by atoms with van der Waals surface area (Å²) >= 11 is 3.15. The maximum absolute atomic E-state index is 13.2. The summed E-state index contributed by atoms with van der Waals surface area (Å²) in [5, 5.41) is 12.6. The number of fused-ring (bicyclic) bond motifs is 1. The molecule has 0 unspecified atom stereocenters. The lowest BCUT2D eigenvalue weighted by atomic mass is 10.1. The number of rotatable bonds is 6. The largest absolute Gasteiger partial charge is 0.382 e. The van der Waals surface area contributed by atoms with Crippen LogP contribution in [-0.2, 0) is 11.3 Å². The summed E-state index contributed by atoms with van der Waals surface area (Å²) in [7, 11) is 2.06. The van der Waals surface area contributed by atoms with Crippen LogP contribution in [0.25, 0.3) is 0 Å². The molecule has 1 aliphatic rings. The Balaban J connectivity index is 1.54. The molecule has 29 heavy (non-hydrogen) atoms. The number of amides is 1. The molecule has 4 rings (SSSR count). The Bertz CT molecular complexity index is 947. The Morgan fingerprint density at radius 1 is 1.03 bits per heavy atom. The van der Waals surface area contributed by atoms with Crippen LogP contribution < -0.4 is 4.90 Å². The molecule has 6 heteroatoms. The van der Waals surface area contributed by atoms with E-state index in [1.54, 1.807) is 28.0 Å². The summed E-state index contributed by atoms with van der Waals surface area (Å²) in [6, 6.07) is 22.2. The predicted octanol–water partition coefficient (Wildman–Crippen LogP) is 4.42. The smallest absolute Gasteiger partial charge is 0.257 e. The first-order chi connectivity index (χ1) is 14.1. The van der Waals surface area contributed by atoms with Crippen molar-refractivity contribution in [2.24, 2.45) is 0 Å². The van der Waals surface area contributed by atoms with Crippen molar-refractivity contribution in [3.05, 3.63) is 82.6 Å². The van der Waals surface area contributed by atoms with E-state index in [1.165, 1.54) is 5.56 Å². The van der Waals surface area contributed by atoms with E-state index in [4.69, 9.17) is 0 Å². The molecule has 0 aliphatic carbocycles. The fraction of sp³-hybridized carbons (Fsp3) is 0.261. The number of para-hydroxylation sites is 1. The van der Waals surface area contributed by atoms with E-state index in [0.717, 1.165) is 28.5 Å². The monoisotopic (exact) mass is 424 g/mol. The third-order valence-corrected chi connectivity index (χ3v) is 7.51. The number of benzene rings is 2. The van der Waals surface area contributed by atoms with Crippen molar-refractivity contribution in [3.8, 4) is 0 Å². The fourth-order valence-electron chi connectivity index (χ4n) is 3.53. The van der Waals surface area contributed by atoms with E-state index >= 15 is 0 Å². The summed E-state index contributed by atoms with van der Waals surface area (Å²) in [5.41, 5.74) is 2.12. The van der Waals surface area contributed by atoms with Crippen LogP contribution in [-0.4, -0.2) is 42.2 Å². The molecule has 2 aromatic carbocycles. The molecular weight excluding hydrogens is 400 g/mol. The van der Waals surface area contributed by atoms with Crippen LogP contribution in [0, 0.1) is 0 Å². The Morgan fingerprint density at radius 3 is 2.55 bits per heavy atom. The van der Waals surface area contributed by atoms with E-state index in [9.17, 15) is 9.90 Å². The van der Waals surface area contributed by atoms with Gasteiger partial charge in [-0.15, -0.1) is 23.1 Å². The van der Waals surface area contributed by atoms with E-state index in [0.29, 0.717) is 6.54 Å². The minimum atomic E-state index is -1.06. The SMILES string of the molecule is CN(CCN1C(=O)[C@H](O)[C@H](c2cccs2)Sc2ccccc21)Cc1ccccc1. The van der Waals surface area contributed by atoms with Gasteiger partial charge in [-0.3, -0.25) is 4.79 Å². The zero-order valence-electron chi connectivity index (χ0n) is 16.3. The van der Waals surface area contributed by atoms with Crippen molar-refractivity contribution in [1.29, 1.82) is 0 Å². The molecule has 4 nitrogen and oxygen atoms in total. The van der Waals surface area contributed by atoms with Gasteiger partial charge in [-0.25, -0.2) is 0 Å². The van der Waals surface area contributed by atoms with Crippen LogP contribution in [0.2, 0.25) is 0 Å². The summed E-state index contributed by atoms with van der Waals surface area (Å²) in [5.74, 6) is -0.228. The van der Waals surface area contributed by atoms with Gasteiger partial charge in [0.15, 0.2) is 0 Å². The van der Waals surface area contributed by atoms with Crippen molar-refractivity contribution >= 4 is 34.7 Å². The zero-order chi connectivity index (χ0) is 20.2. The lowest BCUT2D eigenvalue weighted by Gasteiger charge is -2.27. The Kier molecular flexibility index (Phi) is 6.35. The lowest BCUT2D eigenvalue weighted by Crippen LogP contribution is -2.43. The Morgan fingerprint density at radius 2 is 1.79 bits per heavy atom. The highest BCUT2D eigenvalue weighted by Gasteiger charge is 2.37. The number of thiophene rings is 1. The maximum Gasteiger partial charge on any atom is 0.257 e. The number of aliphatic hydroxyl groups excluding tert-OH is 1. The van der Waals surface area contributed by atoms with Gasteiger partial charge in [-0.05, 0) is 36.2 Å². The van der Waals surface area contributed by atoms with Gasteiger partial charge < -0.3 is 14.9 Å². The number of likely N-dealkylation sites (N-methyl/N-ethyl adjacent to an activating group) is 1. The summed E-state index contributed by atoms with van der Waals surface area (Å²) in [6.45, 7) is 2.07. The minimum absolute atomic E-state index is 0.228. The number of carbonyl (C=O) groups is 1. The zero-order valence-corrected chi connectivity index (χ0v) is 17.9. The molecule has 1 N–H and O–H groups in total. The standard InChI is InChI=1S/C23H24N2O2S2/c1-24(16-17-8-3-2-4-9-17)13-14-25-18-10-5-6-11-19(18)29-22(21(26)23(25)27)20-12-7-15-28-20/h2-12,15,21-22,26H,13-14,16H2,1H3/t21-,22+/m1/s1. The molecule has 0 radical (unpaired) electrons. The fourth-order valence-corrected chi connectivity index (χ4v) is 5.75. The van der Waals surface area contributed by atoms with Crippen LogP contribution in [0.1, 0.15) is 15.7 Å². The van der Waals surface area contributed by atoms with Crippen molar-refractivity contribution in [1.82, 2.24) is 4.90 Å². The van der Waals surface area contributed by atoms with Crippen molar-refractivity contribution in [3.63, 3.8) is 0 Å². The van der Waals surface area contributed by atoms with Gasteiger partial charge in [0.05, 0.1) is 10.9 Å². The second kappa shape index (κ2) is 9.13. The molecule has 2 heterocycles. The van der Waals surface area contributed by atoms with Gasteiger partial charge >= 0.3 is 0 Å². The highest BCUT2D eigenvalue weighted by Crippen LogP contribution is 2.46.